The number of carbonyl (C=O) groups is 2. The number of hydrogen-bond donors (Lipinski definition) is 1. The van der Waals surface area contributed by atoms with Crippen LogP contribution in [0.15, 0.2) is 24.3 Å². The molecule has 1 saturated heterocycles. The van der Waals surface area contributed by atoms with Gasteiger partial charge in [0.25, 0.3) is 0 Å². The van der Waals surface area contributed by atoms with Crippen LogP contribution in [-0.2, 0) is 14.3 Å². The highest BCUT2D eigenvalue weighted by molar-refractivity contribution is 6.30. The summed E-state index contributed by atoms with van der Waals surface area (Å²) >= 11 is 6.08. The third kappa shape index (κ3) is 4.28. The van der Waals surface area contributed by atoms with Gasteiger partial charge in [0.05, 0.1) is 18.4 Å². The van der Waals surface area contributed by atoms with Gasteiger partial charge in [0.15, 0.2) is 0 Å². The van der Waals surface area contributed by atoms with Crippen LogP contribution in [-0.4, -0.2) is 47.7 Å². The zero-order chi connectivity index (χ0) is 17.9. The Labute approximate surface area is 147 Å². The van der Waals surface area contributed by atoms with Crippen LogP contribution < -0.4 is 0 Å². The van der Waals surface area contributed by atoms with Crippen molar-refractivity contribution in [2.45, 2.75) is 44.8 Å². The van der Waals surface area contributed by atoms with Gasteiger partial charge in [0.1, 0.15) is 0 Å². The average Bonchev–Trinajstić information content (AvgIpc) is 2.89. The Bertz CT molecular complexity index is 604. The maximum Gasteiger partial charge on any atom is 0.305 e. The lowest BCUT2D eigenvalue weighted by Gasteiger charge is -2.30. The minimum absolute atomic E-state index is 0.0573. The molecule has 0 bridgehead atoms. The van der Waals surface area contributed by atoms with Gasteiger partial charge in [-0.15, -0.1) is 0 Å². The maximum absolute atomic E-state index is 13.2. The molecule has 1 amide bonds. The number of ether oxygens (including phenoxy) is 1. The largest absolute Gasteiger partial charge is 0.481 e. The molecule has 132 valence electrons. The van der Waals surface area contributed by atoms with Crippen LogP contribution in [0.2, 0.25) is 5.02 Å². The molecule has 1 aliphatic rings. The van der Waals surface area contributed by atoms with Gasteiger partial charge in [-0.2, -0.15) is 0 Å². The standard InChI is InChI=1S/C18H24ClNO4/c1-11(2)17(12-5-4-6-13(19)7-12)18(23)20-10-15(24-3)8-14(20)9-16(21)22/h4-7,11,14-15,17H,8-10H2,1-3H3,(H,21,22). The third-order valence-corrected chi connectivity index (χ3v) is 4.78. The fourth-order valence-electron chi connectivity index (χ4n) is 3.40. The van der Waals surface area contributed by atoms with Crippen LogP contribution in [0.25, 0.3) is 0 Å². The van der Waals surface area contributed by atoms with Gasteiger partial charge in [-0.05, 0) is 30.0 Å². The molecule has 3 atom stereocenters. The zero-order valence-corrected chi connectivity index (χ0v) is 15.0. The van der Waals surface area contributed by atoms with Crippen LogP contribution in [0.5, 0.6) is 0 Å². The summed E-state index contributed by atoms with van der Waals surface area (Å²) in [5, 5.41) is 9.72. The highest BCUT2D eigenvalue weighted by Gasteiger charge is 2.40. The normalized spacial score (nSPS) is 22.0. The van der Waals surface area contributed by atoms with Gasteiger partial charge >= 0.3 is 5.97 Å². The Morgan fingerprint density at radius 2 is 2.12 bits per heavy atom. The molecule has 3 unspecified atom stereocenters. The summed E-state index contributed by atoms with van der Waals surface area (Å²) in [6.45, 7) is 4.40. The predicted molar refractivity (Wildman–Crippen MR) is 92.2 cm³/mol. The number of likely N-dealkylation sites (tertiary alicyclic amines) is 1. The SMILES string of the molecule is COC1CC(CC(=O)O)N(C(=O)C(c2cccc(Cl)c2)C(C)C)C1. The van der Waals surface area contributed by atoms with Crippen molar-refractivity contribution >= 4 is 23.5 Å². The number of nitrogens with zero attached hydrogens (tertiary/aromatic N) is 1. The monoisotopic (exact) mass is 353 g/mol. The fraction of sp³-hybridized carbons (Fsp3) is 0.556. The molecule has 5 nitrogen and oxygen atoms in total. The molecule has 2 rings (SSSR count). The lowest BCUT2D eigenvalue weighted by molar-refractivity contribution is -0.140. The summed E-state index contributed by atoms with van der Waals surface area (Å²) < 4.78 is 5.36. The van der Waals surface area contributed by atoms with Crippen LogP contribution >= 0.6 is 11.6 Å². The smallest absolute Gasteiger partial charge is 0.305 e. The Morgan fingerprint density at radius 3 is 2.67 bits per heavy atom. The number of hydrogen-bond acceptors (Lipinski definition) is 3. The van der Waals surface area contributed by atoms with Crippen LogP contribution in [0, 0.1) is 5.92 Å². The van der Waals surface area contributed by atoms with E-state index in [2.05, 4.69) is 0 Å². The maximum atomic E-state index is 13.2. The van der Waals surface area contributed by atoms with Gasteiger partial charge < -0.3 is 14.7 Å². The van der Waals surface area contributed by atoms with E-state index in [9.17, 15) is 9.59 Å². The predicted octanol–water partition coefficient (Wildman–Crippen LogP) is 3.17. The molecule has 0 spiro atoms. The summed E-state index contributed by atoms with van der Waals surface area (Å²) in [6, 6.07) is 6.97. The van der Waals surface area contributed by atoms with E-state index in [0.29, 0.717) is 18.0 Å². The van der Waals surface area contributed by atoms with Crippen molar-refractivity contribution in [3.8, 4) is 0 Å². The van der Waals surface area contributed by atoms with Crippen molar-refractivity contribution in [1.82, 2.24) is 4.90 Å². The molecule has 24 heavy (non-hydrogen) atoms. The Hall–Kier alpha value is -1.59. The van der Waals surface area contributed by atoms with E-state index in [0.717, 1.165) is 5.56 Å². The van der Waals surface area contributed by atoms with Crippen LogP contribution in [0.3, 0.4) is 0 Å². The molecule has 1 N–H and O–H groups in total. The topological polar surface area (TPSA) is 66.8 Å². The van der Waals surface area contributed by atoms with Gasteiger partial charge in [-0.1, -0.05) is 37.6 Å². The summed E-state index contributed by atoms with van der Waals surface area (Å²) in [5.41, 5.74) is 0.859. The molecule has 1 heterocycles. The molecule has 0 aliphatic carbocycles. The molecule has 1 aromatic rings. The Morgan fingerprint density at radius 1 is 1.42 bits per heavy atom. The summed E-state index contributed by atoms with van der Waals surface area (Å²) in [6.07, 6.45) is 0.367. The number of rotatable bonds is 6. The zero-order valence-electron chi connectivity index (χ0n) is 14.2. The average molecular weight is 354 g/mol. The van der Waals surface area contributed by atoms with Crippen molar-refractivity contribution in [2.24, 2.45) is 5.92 Å². The molecule has 1 aliphatic heterocycles. The summed E-state index contributed by atoms with van der Waals surface area (Å²) in [4.78, 5) is 26.0. The Kier molecular flexibility index (Phi) is 6.24. The number of benzene rings is 1. The highest BCUT2D eigenvalue weighted by Crippen LogP contribution is 2.32. The van der Waals surface area contributed by atoms with E-state index in [-0.39, 0.29) is 36.3 Å². The second kappa shape index (κ2) is 7.99. The minimum atomic E-state index is -0.904. The lowest BCUT2D eigenvalue weighted by Crippen LogP contribution is -2.41. The third-order valence-electron chi connectivity index (χ3n) is 4.54. The number of carboxylic acid groups (broad SMARTS) is 1. The lowest BCUT2D eigenvalue weighted by atomic mass is 9.87. The molecule has 1 fully saturated rings. The van der Waals surface area contributed by atoms with Crippen molar-refractivity contribution in [2.75, 3.05) is 13.7 Å². The van der Waals surface area contributed by atoms with Crippen molar-refractivity contribution in [3.05, 3.63) is 34.9 Å². The molecular formula is C18H24ClNO4. The number of carbonyl (C=O) groups excluding carboxylic acids is 1. The van der Waals surface area contributed by atoms with Crippen LogP contribution in [0.1, 0.15) is 38.2 Å². The van der Waals surface area contributed by atoms with Crippen LogP contribution in [0.4, 0.5) is 0 Å². The number of carboxylic acids is 1. The van der Waals surface area contributed by atoms with Crippen molar-refractivity contribution in [1.29, 1.82) is 0 Å². The molecule has 0 radical (unpaired) electrons. The van der Waals surface area contributed by atoms with E-state index in [1.54, 1.807) is 24.1 Å². The molecule has 6 heteroatoms. The quantitative estimate of drug-likeness (QED) is 0.853. The van der Waals surface area contributed by atoms with Gasteiger partial charge in [-0.25, -0.2) is 0 Å². The number of aliphatic carboxylic acids is 1. The van der Waals surface area contributed by atoms with E-state index in [4.69, 9.17) is 21.4 Å². The minimum Gasteiger partial charge on any atom is -0.481 e. The van der Waals surface area contributed by atoms with E-state index >= 15 is 0 Å². The second-order valence-corrected chi connectivity index (χ2v) is 7.05. The summed E-state index contributed by atoms with van der Waals surface area (Å²) in [7, 11) is 1.59. The summed E-state index contributed by atoms with van der Waals surface area (Å²) in [5.74, 6) is -1.24. The molecule has 0 aromatic heterocycles. The highest BCUT2D eigenvalue weighted by atomic mass is 35.5. The Balaban J connectivity index is 2.29. The molecule has 1 aromatic carbocycles. The first-order valence-corrected chi connectivity index (χ1v) is 8.51. The van der Waals surface area contributed by atoms with E-state index in [1.165, 1.54) is 0 Å². The van der Waals surface area contributed by atoms with Crippen molar-refractivity contribution < 1.29 is 19.4 Å². The first kappa shape index (κ1) is 18.7. The number of amides is 1. The number of halogens is 1. The van der Waals surface area contributed by atoms with E-state index in [1.807, 2.05) is 26.0 Å². The molecular weight excluding hydrogens is 330 g/mol. The first-order valence-electron chi connectivity index (χ1n) is 8.14. The van der Waals surface area contributed by atoms with E-state index < -0.39 is 5.97 Å². The fourth-order valence-corrected chi connectivity index (χ4v) is 3.60. The second-order valence-electron chi connectivity index (χ2n) is 6.61. The first-order chi connectivity index (χ1) is 11.3. The van der Waals surface area contributed by atoms with Gasteiger partial charge in [0, 0.05) is 24.7 Å². The van der Waals surface area contributed by atoms with Crippen molar-refractivity contribution in [3.63, 3.8) is 0 Å². The van der Waals surface area contributed by atoms with Gasteiger partial charge in [0.2, 0.25) is 5.91 Å². The molecule has 0 saturated carbocycles. The van der Waals surface area contributed by atoms with Gasteiger partial charge in [-0.3, -0.25) is 9.59 Å². The number of methoxy groups -OCH3 is 1.